The highest BCUT2D eigenvalue weighted by molar-refractivity contribution is 7.16. The summed E-state index contributed by atoms with van der Waals surface area (Å²) in [6.45, 7) is 4.74. The summed E-state index contributed by atoms with van der Waals surface area (Å²) in [5.74, 6) is 1.63. The van der Waals surface area contributed by atoms with E-state index in [9.17, 15) is 4.79 Å². The Morgan fingerprint density at radius 1 is 1.35 bits per heavy atom. The monoisotopic (exact) mass is 372 g/mol. The zero-order valence-corrected chi connectivity index (χ0v) is 15.3. The molecule has 0 aliphatic carbocycles. The van der Waals surface area contributed by atoms with Gasteiger partial charge in [-0.2, -0.15) is 5.10 Å². The molecule has 26 heavy (non-hydrogen) atoms. The maximum Gasteiger partial charge on any atom is 0.244 e. The molecule has 0 bridgehead atoms. The number of nitrogens with zero attached hydrogens (tertiary/aromatic N) is 5. The second kappa shape index (κ2) is 7.38. The van der Waals surface area contributed by atoms with Gasteiger partial charge in [0.2, 0.25) is 5.91 Å². The van der Waals surface area contributed by atoms with E-state index < -0.39 is 0 Å². The van der Waals surface area contributed by atoms with Crippen molar-refractivity contribution in [1.82, 2.24) is 24.6 Å². The number of carbonyl (C=O) groups is 1. The van der Waals surface area contributed by atoms with Gasteiger partial charge < -0.3 is 15.0 Å². The molecule has 3 aromatic heterocycles. The topological polar surface area (TPSA) is 85.2 Å². The van der Waals surface area contributed by atoms with Crippen LogP contribution >= 0.6 is 11.3 Å². The van der Waals surface area contributed by atoms with Gasteiger partial charge in [0.25, 0.3) is 0 Å². The first kappa shape index (κ1) is 16.9. The molecule has 1 aliphatic rings. The molecule has 1 aliphatic heterocycles. The van der Waals surface area contributed by atoms with E-state index >= 15 is 0 Å². The maximum absolute atomic E-state index is 12.3. The molecule has 1 fully saturated rings. The summed E-state index contributed by atoms with van der Waals surface area (Å²) in [5, 5.41) is 10.6. The molecule has 1 N–H and O–H groups in total. The SMILES string of the molecule is CCc1nc(Nc2cnn(CC(=O)N3CCOCC3)c2)c2ccsc2n1. The normalized spacial score (nSPS) is 14.7. The fourth-order valence-corrected chi connectivity index (χ4v) is 3.64. The van der Waals surface area contributed by atoms with E-state index in [4.69, 9.17) is 4.74 Å². The minimum absolute atomic E-state index is 0.0541. The largest absolute Gasteiger partial charge is 0.378 e. The van der Waals surface area contributed by atoms with Gasteiger partial charge in [0.05, 0.1) is 30.5 Å². The fourth-order valence-electron chi connectivity index (χ4n) is 2.86. The Bertz CT molecular complexity index is 915. The van der Waals surface area contributed by atoms with Crippen molar-refractivity contribution in [1.29, 1.82) is 0 Å². The van der Waals surface area contributed by atoms with Crippen LogP contribution in [0.2, 0.25) is 0 Å². The number of hydrogen-bond donors (Lipinski definition) is 1. The molecular formula is C17H20N6O2S. The van der Waals surface area contributed by atoms with E-state index in [2.05, 4.69) is 20.4 Å². The Labute approximate surface area is 154 Å². The average molecular weight is 372 g/mol. The number of ether oxygens (including phenoxy) is 1. The second-order valence-electron chi connectivity index (χ2n) is 6.03. The summed E-state index contributed by atoms with van der Waals surface area (Å²) in [4.78, 5) is 24.2. The van der Waals surface area contributed by atoms with Crippen molar-refractivity contribution in [3.63, 3.8) is 0 Å². The van der Waals surface area contributed by atoms with E-state index in [0.29, 0.717) is 26.3 Å². The highest BCUT2D eigenvalue weighted by Gasteiger charge is 2.17. The number of anilines is 2. The molecule has 0 spiro atoms. The van der Waals surface area contributed by atoms with E-state index in [1.165, 1.54) is 0 Å². The van der Waals surface area contributed by atoms with Gasteiger partial charge in [-0.25, -0.2) is 9.97 Å². The number of thiophene rings is 1. The van der Waals surface area contributed by atoms with Crippen LogP contribution in [0, 0.1) is 0 Å². The van der Waals surface area contributed by atoms with E-state index in [1.54, 1.807) is 22.2 Å². The van der Waals surface area contributed by atoms with Crippen LogP contribution < -0.4 is 5.32 Å². The van der Waals surface area contributed by atoms with Crippen molar-refractivity contribution < 1.29 is 9.53 Å². The van der Waals surface area contributed by atoms with Gasteiger partial charge in [0.15, 0.2) is 0 Å². The molecule has 0 aromatic carbocycles. The molecule has 136 valence electrons. The highest BCUT2D eigenvalue weighted by atomic mass is 32.1. The summed E-state index contributed by atoms with van der Waals surface area (Å²) >= 11 is 1.60. The number of hydrogen-bond acceptors (Lipinski definition) is 7. The van der Waals surface area contributed by atoms with Crippen LogP contribution in [0.15, 0.2) is 23.8 Å². The lowest BCUT2D eigenvalue weighted by Gasteiger charge is -2.26. The standard InChI is InChI=1S/C17H20N6O2S/c1-2-14-20-16(13-3-8-26-17(13)21-14)19-12-9-18-23(10-12)11-15(24)22-4-6-25-7-5-22/h3,8-10H,2,4-7,11H2,1H3,(H,19,20,21). The Hall–Kier alpha value is -2.52. The van der Waals surface area contributed by atoms with Gasteiger partial charge in [0.1, 0.15) is 23.0 Å². The van der Waals surface area contributed by atoms with Gasteiger partial charge in [0, 0.05) is 25.7 Å². The molecule has 0 radical (unpaired) electrons. The molecular weight excluding hydrogens is 352 g/mol. The number of nitrogens with one attached hydrogen (secondary N) is 1. The van der Waals surface area contributed by atoms with Crippen molar-refractivity contribution in [2.24, 2.45) is 0 Å². The lowest BCUT2D eigenvalue weighted by molar-refractivity contribution is -0.136. The van der Waals surface area contributed by atoms with E-state index in [1.807, 2.05) is 29.5 Å². The van der Waals surface area contributed by atoms with Crippen LogP contribution in [0.1, 0.15) is 12.7 Å². The third-order valence-corrected chi connectivity index (χ3v) is 5.05. The van der Waals surface area contributed by atoms with Crippen molar-refractivity contribution in [2.75, 3.05) is 31.6 Å². The summed E-state index contributed by atoms with van der Waals surface area (Å²) in [5.41, 5.74) is 0.799. The van der Waals surface area contributed by atoms with Crippen LogP contribution in [-0.4, -0.2) is 56.9 Å². The number of carbonyl (C=O) groups excluding carboxylic acids is 1. The van der Waals surface area contributed by atoms with Gasteiger partial charge in [-0.15, -0.1) is 11.3 Å². The zero-order valence-electron chi connectivity index (χ0n) is 14.5. The Balaban J connectivity index is 1.48. The van der Waals surface area contributed by atoms with Crippen molar-refractivity contribution in [3.8, 4) is 0 Å². The lowest BCUT2D eigenvalue weighted by Crippen LogP contribution is -2.42. The first-order chi connectivity index (χ1) is 12.7. The number of amides is 1. The quantitative estimate of drug-likeness (QED) is 0.738. The van der Waals surface area contributed by atoms with Crippen molar-refractivity contribution in [2.45, 2.75) is 19.9 Å². The minimum atomic E-state index is 0.0541. The number of rotatable bonds is 5. The third-order valence-electron chi connectivity index (χ3n) is 4.24. The Kier molecular flexibility index (Phi) is 4.81. The predicted octanol–water partition coefficient (Wildman–Crippen LogP) is 2.05. The van der Waals surface area contributed by atoms with Crippen LogP contribution in [0.4, 0.5) is 11.5 Å². The number of fused-ring (bicyclic) bond motifs is 1. The first-order valence-electron chi connectivity index (χ1n) is 8.62. The molecule has 3 aromatic rings. The first-order valence-corrected chi connectivity index (χ1v) is 9.50. The summed E-state index contributed by atoms with van der Waals surface area (Å²) in [6, 6.07) is 2.01. The lowest BCUT2D eigenvalue weighted by atomic mass is 10.3. The summed E-state index contributed by atoms with van der Waals surface area (Å²) in [6.07, 6.45) is 4.30. The van der Waals surface area contributed by atoms with Crippen LogP contribution in [0.3, 0.4) is 0 Å². The molecule has 0 saturated carbocycles. The molecule has 0 atom stereocenters. The number of morpholine rings is 1. The average Bonchev–Trinajstić information content (AvgIpc) is 3.31. The zero-order chi connectivity index (χ0) is 17.9. The van der Waals surface area contributed by atoms with Crippen LogP contribution in [0.25, 0.3) is 10.2 Å². The van der Waals surface area contributed by atoms with E-state index in [0.717, 1.165) is 34.0 Å². The van der Waals surface area contributed by atoms with Crippen LogP contribution in [-0.2, 0) is 22.5 Å². The van der Waals surface area contributed by atoms with Gasteiger partial charge >= 0.3 is 0 Å². The van der Waals surface area contributed by atoms with E-state index in [-0.39, 0.29) is 12.5 Å². The smallest absolute Gasteiger partial charge is 0.244 e. The molecule has 1 saturated heterocycles. The Morgan fingerprint density at radius 2 is 2.19 bits per heavy atom. The second-order valence-corrected chi connectivity index (χ2v) is 6.92. The minimum Gasteiger partial charge on any atom is -0.378 e. The van der Waals surface area contributed by atoms with Gasteiger partial charge in [-0.1, -0.05) is 6.92 Å². The molecule has 1 amide bonds. The number of aryl methyl sites for hydroxylation is 1. The van der Waals surface area contributed by atoms with Crippen molar-refractivity contribution >= 4 is 39.0 Å². The highest BCUT2D eigenvalue weighted by Crippen LogP contribution is 2.27. The maximum atomic E-state index is 12.3. The van der Waals surface area contributed by atoms with Crippen LogP contribution in [0.5, 0.6) is 0 Å². The van der Waals surface area contributed by atoms with Gasteiger partial charge in [-0.05, 0) is 11.4 Å². The van der Waals surface area contributed by atoms with Crippen molar-refractivity contribution in [3.05, 3.63) is 29.7 Å². The Morgan fingerprint density at radius 3 is 3.00 bits per heavy atom. The summed E-state index contributed by atoms with van der Waals surface area (Å²) in [7, 11) is 0. The molecule has 4 heterocycles. The predicted molar refractivity (Wildman–Crippen MR) is 99.7 cm³/mol. The van der Waals surface area contributed by atoms with Gasteiger partial charge in [-0.3, -0.25) is 9.48 Å². The molecule has 9 heteroatoms. The summed E-state index contributed by atoms with van der Waals surface area (Å²) < 4.78 is 6.93. The molecule has 8 nitrogen and oxygen atoms in total. The number of aromatic nitrogens is 4. The molecule has 4 rings (SSSR count). The third kappa shape index (κ3) is 3.54. The molecule has 0 unspecified atom stereocenters. The fraction of sp³-hybridized carbons (Fsp3) is 0.412.